The van der Waals surface area contributed by atoms with Gasteiger partial charge in [-0.25, -0.2) is 9.98 Å². The summed E-state index contributed by atoms with van der Waals surface area (Å²) in [5.41, 5.74) is 2.57. The molecule has 7 nitrogen and oxygen atoms in total. The summed E-state index contributed by atoms with van der Waals surface area (Å²) in [5.74, 6) is -0.387. The molecular formula is C25H24N4O3. The first kappa shape index (κ1) is 21.4. The Morgan fingerprint density at radius 3 is 2.75 bits per heavy atom. The molecule has 1 aromatic heterocycles. The van der Waals surface area contributed by atoms with Crippen molar-refractivity contribution in [1.82, 2.24) is 14.9 Å². The number of benzene rings is 2. The summed E-state index contributed by atoms with van der Waals surface area (Å²) in [4.78, 5) is 40.0. The third kappa shape index (κ3) is 4.72. The van der Waals surface area contributed by atoms with Crippen LogP contribution >= 0.6 is 0 Å². The number of fused-ring (bicyclic) bond motifs is 1. The molecular weight excluding hydrogens is 404 g/mol. The summed E-state index contributed by atoms with van der Waals surface area (Å²) in [5, 5.41) is 1.43. The average molecular weight is 428 g/mol. The molecule has 2 amide bonds. The zero-order valence-corrected chi connectivity index (χ0v) is 18.1. The minimum atomic E-state index is -0.549. The van der Waals surface area contributed by atoms with E-state index in [2.05, 4.69) is 21.0 Å². The maximum Gasteiger partial charge on any atom is 0.274 e. The van der Waals surface area contributed by atoms with Crippen molar-refractivity contribution in [2.75, 3.05) is 20.2 Å². The normalized spacial score (nSPS) is 14.7. The Hall–Kier alpha value is -3.87. The number of amides is 2. The van der Waals surface area contributed by atoms with E-state index in [1.807, 2.05) is 37.3 Å². The lowest BCUT2D eigenvalue weighted by Crippen LogP contribution is -2.42. The largest absolute Gasteiger partial charge is 0.497 e. The van der Waals surface area contributed by atoms with Crippen molar-refractivity contribution in [1.29, 1.82) is 0 Å². The molecule has 0 N–H and O–H groups in total. The molecule has 7 heteroatoms. The van der Waals surface area contributed by atoms with Gasteiger partial charge in [0.2, 0.25) is 0 Å². The number of ether oxygens (including phenoxy) is 1. The van der Waals surface area contributed by atoms with E-state index in [4.69, 9.17) is 4.74 Å². The number of methoxy groups -OCH3 is 1. The van der Waals surface area contributed by atoms with Gasteiger partial charge >= 0.3 is 0 Å². The van der Waals surface area contributed by atoms with Gasteiger partial charge in [0.05, 0.1) is 24.6 Å². The SMILES string of the molecule is COc1ccc2c(c1)=CC(CN(CCc1ccccc1C)C(=O)c1cnccn1)C(=O)N=2. The van der Waals surface area contributed by atoms with Crippen LogP contribution in [0.2, 0.25) is 0 Å². The molecule has 1 aliphatic rings. The molecule has 2 heterocycles. The Balaban J connectivity index is 1.62. The van der Waals surface area contributed by atoms with E-state index in [1.54, 1.807) is 24.1 Å². The first-order valence-electron chi connectivity index (χ1n) is 10.4. The minimum Gasteiger partial charge on any atom is -0.497 e. The van der Waals surface area contributed by atoms with Crippen molar-refractivity contribution < 1.29 is 14.3 Å². The molecule has 32 heavy (non-hydrogen) atoms. The number of aryl methyl sites for hydroxylation is 1. The van der Waals surface area contributed by atoms with Crippen molar-refractivity contribution >= 4 is 17.9 Å². The fraction of sp³-hybridized carbons (Fsp3) is 0.240. The number of hydrogen-bond donors (Lipinski definition) is 0. The van der Waals surface area contributed by atoms with Gasteiger partial charge in [-0.1, -0.05) is 30.3 Å². The van der Waals surface area contributed by atoms with Crippen LogP contribution < -0.4 is 15.3 Å². The van der Waals surface area contributed by atoms with Gasteiger partial charge in [-0.15, -0.1) is 0 Å². The van der Waals surface area contributed by atoms with Crippen LogP contribution in [-0.4, -0.2) is 46.9 Å². The first-order valence-corrected chi connectivity index (χ1v) is 10.4. The average Bonchev–Trinajstić information content (AvgIpc) is 2.82. The van der Waals surface area contributed by atoms with Crippen LogP contribution in [-0.2, 0) is 11.2 Å². The number of aromatic nitrogens is 2. The van der Waals surface area contributed by atoms with Crippen LogP contribution in [0.15, 0.2) is 66.0 Å². The fourth-order valence-corrected chi connectivity index (χ4v) is 3.75. The molecule has 1 atom stereocenters. The molecule has 0 bridgehead atoms. The van der Waals surface area contributed by atoms with Crippen molar-refractivity contribution in [2.45, 2.75) is 13.3 Å². The second-order valence-electron chi connectivity index (χ2n) is 7.67. The van der Waals surface area contributed by atoms with Gasteiger partial charge in [0.1, 0.15) is 11.4 Å². The highest BCUT2D eigenvalue weighted by Crippen LogP contribution is 2.14. The summed E-state index contributed by atoms with van der Waals surface area (Å²) >= 11 is 0. The van der Waals surface area contributed by atoms with E-state index in [0.717, 1.165) is 16.3 Å². The summed E-state index contributed by atoms with van der Waals surface area (Å²) in [7, 11) is 1.59. The first-order chi connectivity index (χ1) is 15.5. The Morgan fingerprint density at radius 1 is 1.16 bits per heavy atom. The quantitative estimate of drug-likeness (QED) is 0.572. The lowest BCUT2D eigenvalue weighted by Gasteiger charge is -2.26. The summed E-state index contributed by atoms with van der Waals surface area (Å²) < 4.78 is 5.29. The van der Waals surface area contributed by atoms with Crippen molar-refractivity contribution in [3.63, 3.8) is 0 Å². The molecule has 2 aromatic carbocycles. The van der Waals surface area contributed by atoms with Gasteiger partial charge in [0, 0.05) is 30.7 Å². The van der Waals surface area contributed by atoms with E-state index in [0.29, 0.717) is 24.1 Å². The summed E-state index contributed by atoms with van der Waals surface area (Å²) in [6, 6.07) is 13.5. The lowest BCUT2D eigenvalue weighted by atomic mass is 10.0. The molecule has 1 aliphatic heterocycles. The van der Waals surface area contributed by atoms with Crippen molar-refractivity contribution in [3.8, 4) is 5.75 Å². The third-order valence-electron chi connectivity index (χ3n) is 5.56. The maximum absolute atomic E-state index is 13.2. The lowest BCUT2D eigenvalue weighted by molar-refractivity contribution is -0.120. The zero-order valence-electron chi connectivity index (χ0n) is 18.1. The van der Waals surface area contributed by atoms with E-state index >= 15 is 0 Å². The summed E-state index contributed by atoms with van der Waals surface area (Å²) in [6.07, 6.45) is 6.98. The molecule has 0 saturated heterocycles. The Labute approximate surface area is 186 Å². The monoisotopic (exact) mass is 428 g/mol. The van der Waals surface area contributed by atoms with Crippen LogP contribution in [0.3, 0.4) is 0 Å². The number of nitrogens with zero attached hydrogens (tertiary/aromatic N) is 4. The third-order valence-corrected chi connectivity index (χ3v) is 5.56. The molecule has 0 fully saturated rings. The van der Waals surface area contributed by atoms with Crippen LogP contribution in [0.1, 0.15) is 21.6 Å². The van der Waals surface area contributed by atoms with Crippen molar-refractivity contribution in [3.05, 3.63) is 88.5 Å². The number of carbonyl (C=O) groups is 2. The fourth-order valence-electron chi connectivity index (χ4n) is 3.75. The van der Waals surface area contributed by atoms with Crippen molar-refractivity contribution in [2.24, 2.45) is 10.9 Å². The number of hydrogen-bond acceptors (Lipinski definition) is 5. The van der Waals surface area contributed by atoms with E-state index in [9.17, 15) is 9.59 Å². The van der Waals surface area contributed by atoms with E-state index in [-0.39, 0.29) is 24.1 Å². The number of carbonyl (C=O) groups excluding carboxylic acids is 2. The molecule has 0 spiro atoms. The molecule has 3 aromatic rings. The standard InChI is InChI=1S/C25H24N4O3/c1-17-5-3-4-6-18(17)9-12-29(25(31)23-15-26-10-11-27-23)16-20-13-19-14-21(32-2)7-8-22(19)28-24(20)30/h3-8,10-11,13-15,20H,9,12,16H2,1-2H3. The smallest absolute Gasteiger partial charge is 0.274 e. The molecule has 4 rings (SSSR count). The van der Waals surface area contributed by atoms with Crippen LogP contribution in [0.25, 0.3) is 6.08 Å². The van der Waals surface area contributed by atoms with Gasteiger partial charge in [-0.3, -0.25) is 14.6 Å². The van der Waals surface area contributed by atoms with Crippen LogP contribution in [0, 0.1) is 12.8 Å². The van der Waals surface area contributed by atoms with Crippen LogP contribution in [0.4, 0.5) is 0 Å². The Morgan fingerprint density at radius 2 is 2.00 bits per heavy atom. The highest BCUT2D eigenvalue weighted by Gasteiger charge is 2.26. The second kappa shape index (κ2) is 9.51. The predicted octanol–water partition coefficient (Wildman–Crippen LogP) is 1.74. The topological polar surface area (TPSA) is 84.8 Å². The molecule has 0 radical (unpaired) electrons. The Bertz CT molecular complexity index is 1260. The van der Waals surface area contributed by atoms with Gasteiger partial charge in [0.25, 0.3) is 11.8 Å². The second-order valence-corrected chi connectivity index (χ2v) is 7.67. The van der Waals surface area contributed by atoms with Crippen LogP contribution in [0.5, 0.6) is 5.75 Å². The maximum atomic E-state index is 13.2. The number of rotatable bonds is 7. The van der Waals surface area contributed by atoms with E-state index in [1.165, 1.54) is 18.6 Å². The molecule has 162 valence electrons. The summed E-state index contributed by atoms with van der Waals surface area (Å²) in [6.45, 7) is 2.70. The van der Waals surface area contributed by atoms with Gasteiger partial charge in [-0.05, 0) is 42.7 Å². The Kier molecular flexibility index (Phi) is 6.35. The van der Waals surface area contributed by atoms with Gasteiger partial charge < -0.3 is 9.64 Å². The highest BCUT2D eigenvalue weighted by atomic mass is 16.5. The minimum absolute atomic E-state index is 0.209. The predicted molar refractivity (Wildman–Crippen MR) is 120 cm³/mol. The molecule has 1 unspecified atom stereocenters. The van der Waals surface area contributed by atoms with E-state index < -0.39 is 5.92 Å². The molecule has 0 saturated carbocycles. The van der Waals surface area contributed by atoms with Gasteiger partial charge in [-0.2, -0.15) is 0 Å². The molecule has 0 aliphatic carbocycles. The highest BCUT2D eigenvalue weighted by molar-refractivity contribution is 5.93. The van der Waals surface area contributed by atoms with Gasteiger partial charge in [0.15, 0.2) is 0 Å². The zero-order chi connectivity index (χ0) is 22.5.